The number of hydrogen-bond donors (Lipinski definition) is 1. The normalized spacial score (nSPS) is 11.2. The molecule has 0 fully saturated rings. The molecule has 5 nitrogen and oxygen atoms in total. The molecular formula is C17H16ClFN2O3. The molecule has 0 aromatic heterocycles. The van der Waals surface area contributed by atoms with Crippen molar-refractivity contribution in [2.75, 3.05) is 5.32 Å². The van der Waals surface area contributed by atoms with E-state index < -0.39 is 22.1 Å². The molecule has 0 aliphatic carbocycles. The van der Waals surface area contributed by atoms with Crippen LogP contribution in [0.5, 0.6) is 0 Å². The van der Waals surface area contributed by atoms with Gasteiger partial charge >= 0.3 is 0 Å². The number of anilines is 1. The Hall–Kier alpha value is -2.47. The summed E-state index contributed by atoms with van der Waals surface area (Å²) in [7, 11) is 0. The Labute approximate surface area is 143 Å². The highest BCUT2D eigenvalue weighted by Crippen LogP contribution is 2.32. The molecule has 0 saturated heterocycles. The summed E-state index contributed by atoms with van der Waals surface area (Å²) >= 11 is 5.86. The Bertz CT molecular complexity index is 816. The zero-order valence-electron chi connectivity index (χ0n) is 13.4. The maximum Gasteiger partial charge on any atom is 0.273 e. The third-order valence-electron chi connectivity index (χ3n) is 3.44. The van der Waals surface area contributed by atoms with Crippen LogP contribution >= 0.6 is 11.6 Å². The van der Waals surface area contributed by atoms with Crippen LogP contribution < -0.4 is 5.32 Å². The van der Waals surface area contributed by atoms with Gasteiger partial charge in [-0.3, -0.25) is 14.9 Å². The Morgan fingerprint density at radius 2 is 1.88 bits per heavy atom. The predicted molar refractivity (Wildman–Crippen MR) is 91.2 cm³/mol. The molecule has 0 aliphatic rings. The number of carbonyl (C=O) groups excluding carboxylic acids is 1. The highest BCUT2D eigenvalue weighted by atomic mass is 35.5. The topological polar surface area (TPSA) is 72.2 Å². The number of halogens is 2. The van der Waals surface area contributed by atoms with Crippen LogP contribution in [0.4, 0.5) is 15.8 Å². The van der Waals surface area contributed by atoms with Gasteiger partial charge in [0.15, 0.2) is 0 Å². The molecule has 1 N–H and O–H groups in total. The number of nitro benzene ring substituents is 1. The summed E-state index contributed by atoms with van der Waals surface area (Å²) in [5.41, 5.74) is 0.322. The summed E-state index contributed by atoms with van der Waals surface area (Å²) in [6, 6.07) is 7.87. The van der Waals surface area contributed by atoms with Gasteiger partial charge in [-0.2, -0.15) is 0 Å². The highest BCUT2D eigenvalue weighted by Gasteiger charge is 2.26. The molecule has 24 heavy (non-hydrogen) atoms. The van der Waals surface area contributed by atoms with Gasteiger partial charge in [0.25, 0.3) is 11.6 Å². The fourth-order valence-corrected chi connectivity index (χ4v) is 2.46. The van der Waals surface area contributed by atoms with E-state index in [2.05, 4.69) is 5.32 Å². The monoisotopic (exact) mass is 350 g/mol. The van der Waals surface area contributed by atoms with E-state index in [0.717, 1.165) is 12.1 Å². The van der Waals surface area contributed by atoms with Crippen molar-refractivity contribution in [3.63, 3.8) is 0 Å². The average Bonchev–Trinajstić information content (AvgIpc) is 2.48. The number of nitrogens with one attached hydrogen (secondary N) is 1. The molecule has 0 saturated carbocycles. The van der Waals surface area contributed by atoms with Gasteiger partial charge in [0.2, 0.25) is 0 Å². The van der Waals surface area contributed by atoms with Gasteiger partial charge in [-0.25, -0.2) is 4.39 Å². The lowest BCUT2D eigenvalue weighted by Gasteiger charge is -2.19. The molecule has 0 atom stereocenters. The third kappa shape index (κ3) is 3.89. The van der Waals surface area contributed by atoms with Crippen molar-refractivity contribution < 1.29 is 14.1 Å². The van der Waals surface area contributed by atoms with Crippen molar-refractivity contribution in [2.24, 2.45) is 0 Å². The second kappa shape index (κ2) is 6.57. The van der Waals surface area contributed by atoms with Gasteiger partial charge < -0.3 is 5.32 Å². The SMILES string of the molecule is CC(C)(C)c1ccc(C(=O)Nc2ccc(F)cc2Cl)cc1[N+](=O)[O-]. The van der Waals surface area contributed by atoms with Crippen molar-refractivity contribution in [1.82, 2.24) is 0 Å². The molecule has 0 unspecified atom stereocenters. The fourth-order valence-electron chi connectivity index (χ4n) is 2.24. The van der Waals surface area contributed by atoms with E-state index >= 15 is 0 Å². The quantitative estimate of drug-likeness (QED) is 0.629. The maximum atomic E-state index is 13.0. The first-order valence-electron chi connectivity index (χ1n) is 7.15. The predicted octanol–water partition coefficient (Wildman–Crippen LogP) is 4.94. The first-order chi connectivity index (χ1) is 11.1. The van der Waals surface area contributed by atoms with E-state index in [1.807, 2.05) is 20.8 Å². The molecule has 0 aliphatic heterocycles. The van der Waals surface area contributed by atoms with Crippen LogP contribution in [-0.4, -0.2) is 10.8 Å². The number of amides is 1. The van der Waals surface area contributed by atoms with Gasteiger partial charge in [0.1, 0.15) is 5.82 Å². The Kier molecular flexibility index (Phi) is 4.89. The van der Waals surface area contributed by atoms with Gasteiger partial charge in [-0.15, -0.1) is 0 Å². The Morgan fingerprint density at radius 3 is 2.42 bits per heavy atom. The second-order valence-corrected chi connectivity index (χ2v) is 6.72. The molecule has 126 valence electrons. The molecular weight excluding hydrogens is 335 g/mol. The van der Waals surface area contributed by atoms with Crippen LogP contribution in [0.3, 0.4) is 0 Å². The van der Waals surface area contributed by atoms with E-state index in [-0.39, 0.29) is 22.0 Å². The van der Waals surface area contributed by atoms with Crippen LogP contribution in [0, 0.1) is 15.9 Å². The second-order valence-electron chi connectivity index (χ2n) is 6.32. The Morgan fingerprint density at radius 1 is 1.21 bits per heavy atom. The lowest BCUT2D eigenvalue weighted by Crippen LogP contribution is -2.17. The summed E-state index contributed by atoms with van der Waals surface area (Å²) in [5.74, 6) is -1.09. The number of hydrogen-bond acceptors (Lipinski definition) is 3. The van der Waals surface area contributed by atoms with Crippen LogP contribution in [0.2, 0.25) is 5.02 Å². The fraction of sp³-hybridized carbons (Fsp3) is 0.235. The highest BCUT2D eigenvalue weighted by molar-refractivity contribution is 6.33. The molecule has 0 bridgehead atoms. The average molecular weight is 351 g/mol. The summed E-state index contributed by atoms with van der Waals surface area (Å²) in [6.07, 6.45) is 0. The van der Waals surface area contributed by atoms with E-state index in [0.29, 0.717) is 5.56 Å². The lowest BCUT2D eigenvalue weighted by atomic mass is 9.85. The van der Waals surface area contributed by atoms with Crippen molar-refractivity contribution in [2.45, 2.75) is 26.2 Å². The minimum absolute atomic E-state index is 0.0455. The molecule has 0 spiro atoms. The van der Waals surface area contributed by atoms with Crippen LogP contribution in [-0.2, 0) is 5.41 Å². The van der Waals surface area contributed by atoms with Crippen LogP contribution in [0.15, 0.2) is 36.4 Å². The molecule has 2 rings (SSSR count). The third-order valence-corrected chi connectivity index (χ3v) is 3.76. The first-order valence-corrected chi connectivity index (χ1v) is 7.52. The number of carbonyl (C=O) groups is 1. The maximum absolute atomic E-state index is 13.0. The van der Waals surface area contributed by atoms with Crippen molar-refractivity contribution in [3.05, 3.63) is 68.5 Å². The molecule has 1 amide bonds. The largest absolute Gasteiger partial charge is 0.321 e. The number of nitro groups is 1. The van der Waals surface area contributed by atoms with E-state index in [1.165, 1.54) is 18.2 Å². The number of benzene rings is 2. The summed E-state index contributed by atoms with van der Waals surface area (Å²) < 4.78 is 13.0. The summed E-state index contributed by atoms with van der Waals surface area (Å²) in [6.45, 7) is 5.56. The van der Waals surface area contributed by atoms with Crippen molar-refractivity contribution in [3.8, 4) is 0 Å². The number of rotatable bonds is 3. The first kappa shape index (κ1) is 17.9. The summed E-state index contributed by atoms with van der Waals surface area (Å²) in [5, 5.41) is 13.9. The molecule has 0 radical (unpaired) electrons. The minimum atomic E-state index is -0.563. The van der Waals surface area contributed by atoms with Crippen LogP contribution in [0.25, 0.3) is 0 Å². The zero-order chi connectivity index (χ0) is 18.1. The standard InChI is InChI=1S/C17H16ClFN2O3/c1-17(2,3)12-6-4-10(8-15(12)21(23)24)16(22)20-14-7-5-11(19)9-13(14)18/h4-9H,1-3H3,(H,20,22). The van der Waals surface area contributed by atoms with Crippen molar-refractivity contribution in [1.29, 1.82) is 0 Å². The Balaban J connectivity index is 2.36. The van der Waals surface area contributed by atoms with E-state index in [1.54, 1.807) is 6.07 Å². The van der Waals surface area contributed by atoms with E-state index in [9.17, 15) is 19.3 Å². The lowest BCUT2D eigenvalue weighted by molar-refractivity contribution is -0.386. The van der Waals surface area contributed by atoms with Gasteiger partial charge in [0, 0.05) is 17.2 Å². The molecule has 2 aromatic carbocycles. The van der Waals surface area contributed by atoms with Crippen LogP contribution in [0.1, 0.15) is 36.7 Å². The van der Waals surface area contributed by atoms with E-state index in [4.69, 9.17) is 11.6 Å². The van der Waals surface area contributed by atoms with Gasteiger partial charge in [0.05, 0.1) is 15.6 Å². The minimum Gasteiger partial charge on any atom is -0.321 e. The molecule has 2 aromatic rings. The summed E-state index contributed by atoms with van der Waals surface area (Å²) in [4.78, 5) is 23.1. The smallest absolute Gasteiger partial charge is 0.273 e. The number of nitrogens with zero attached hydrogens (tertiary/aromatic N) is 1. The van der Waals surface area contributed by atoms with Gasteiger partial charge in [-0.1, -0.05) is 38.4 Å². The van der Waals surface area contributed by atoms with Gasteiger partial charge in [-0.05, 0) is 29.7 Å². The molecule has 7 heteroatoms. The molecule has 0 heterocycles. The van der Waals surface area contributed by atoms with Crippen molar-refractivity contribution >= 4 is 28.9 Å². The zero-order valence-corrected chi connectivity index (χ0v) is 14.1.